The molecule has 4 bridgehead atoms. The van der Waals surface area contributed by atoms with Gasteiger partial charge in [-0.2, -0.15) is 15.8 Å². The molecule has 0 aromatic carbocycles. The third-order valence-corrected chi connectivity index (χ3v) is 8.63. The first-order chi connectivity index (χ1) is 13.3. The molecular weight excluding hydrogens is 352 g/mol. The van der Waals surface area contributed by atoms with Crippen molar-refractivity contribution in [3.05, 3.63) is 11.6 Å². The van der Waals surface area contributed by atoms with E-state index in [1.54, 1.807) is 0 Å². The van der Waals surface area contributed by atoms with Gasteiger partial charge in [-0.15, -0.1) is 0 Å². The van der Waals surface area contributed by atoms with Crippen LogP contribution >= 0.6 is 0 Å². The Morgan fingerprint density at radius 3 is 2.50 bits per heavy atom. The average Bonchev–Trinajstić information content (AvgIpc) is 2.71. The van der Waals surface area contributed by atoms with Crippen LogP contribution in [-0.2, 0) is 9.47 Å². The molecule has 28 heavy (non-hydrogen) atoms. The Labute approximate surface area is 165 Å². The average molecular weight is 376 g/mol. The summed E-state index contributed by atoms with van der Waals surface area (Å²) in [4.78, 5) is 0. The third kappa shape index (κ3) is 1.61. The molecule has 0 amide bonds. The number of fused-ring (bicyclic) bond motifs is 4. The molecule has 0 aromatic rings. The van der Waals surface area contributed by atoms with Gasteiger partial charge in [-0.25, -0.2) is 0 Å². The van der Waals surface area contributed by atoms with E-state index in [4.69, 9.17) is 14.9 Å². The highest BCUT2D eigenvalue weighted by Gasteiger charge is 2.81. The minimum absolute atomic E-state index is 0.107. The van der Waals surface area contributed by atoms with E-state index in [1.165, 1.54) is 0 Å². The minimum atomic E-state index is -1.72. The zero-order valence-electron chi connectivity index (χ0n) is 16.3. The summed E-state index contributed by atoms with van der Waals surface area (Å²) < 4.78 is 12.5. The SMILES string of the molecule is CC1(C)[C@H]2CC=C([C@H]3O[C@@]45CCCC[C@@H]4C(C#N)(C#N)[C@@]3(C#N)C(=N)O5)[C@H]1C2. The molecule has 0 unspecified atom stereocenters. The van der Waals surface area contributed by atoms with Gasteiger partial charge in [-0.05, 0) is 48.5 Å². The highest BCUT2D eigenvalue weighted by Crippen LogP contribution is 2.69. The van der Waals surface area contributed by atoms with Crippen LogP contribution in [0.5, 0.6) is 0 Å². The van der Waals surface area contributed by atoms with Gasteiger partial charge in [0.25, 0.3) is 0 Å². The first kappa shape index (κ1) is 17.7. The highest BCUT2D eigenvalue weighted by molar-refractivity contribution is 5.89. The second-order valence-corrected chi connectivity index (χ2v) is 9.74. The van der Waals surface area contributed by atoms with Crippen LogP contribution in [0.2, 0.25) is 0 Å². The topological polar surface area (TPSA) is 114 Å². The smallest absolute Gasteiger partial charge is 0.218 e. The third-order valence-electron chi connectivity index (χ3n) is 8.63. The second kappa shape index (κ2) is 5.16. The summed E-state index contributed by atoms with van der Waals surface area (Å²) in [5.74, 6) is -1.04. The number of rotatable bonds is 1. The normalized spacial score (nSPS) is 46.5. The number of ether oxygens (including phenoxy) is 2. The van der Waals surface area contributed by atoms with Crippen molar-refractivity contribution in [1.82, 2.24) is 0 Å². The Kier molecular flexibility index (Phi) is 3.27. The largest absolute Gasteiger partial charge is 0.447 e. The number of hydrogen-bond donors (Lipinski definition) is 1. The lowest BCUT2D eigenvalue weighted by Gasteiger charge is -2.66. The van der Waals surface area contributed by atoms with Crippen molar-refractivity contribution in [2.75, 3.05) is 0 Å². The summed E-state index contributed by atoms with van der Waals surface area (Å²) in [7, 11) is 0. The molecule has 0 radical (unpaired) electrons. The van der Waals surface area contributed by atoms with Crippen LogP contribution in [0.15, 0.2) is 11.6 Å². The number of nitrogens with one attached hydrogen (secondary N) is 1. The van der Waals surface area contributed by atoms with Crippen LogP contribution < -0.4 is 0 Å². The first-order valence-corrected chi connectivity index (χ1v) is 10.2. The summed E-state index contributed by atoms with van der Waals surface area (Å²) in [5.41, 5.74) is -2.24. The fraction of sp³-hybridized carbons (Fsp3) is 0.727. The molecule has 2 saturated carbocycles. The van der Waals surface area contributed by atoms with Gasteiger partial charge >= 0.3 is 0 Å². The van der Waals surface area contributed by atoms with Gasteiger partial charge in [-0.1, -0.05) is 26.3 Å². The summed E-state index contributed by atoms with van der Waals surface area (Å²) in [6.45, 7) is 4.48. The highest BCUT2D eigenvalue weighted by atomic mass is 16.7. The Bertz CT molecular complexity index is 918. The summed E-state index contributed by atoms with van der Waals surface area (Å²) >= 11 is 0. The maximum atomic E-state index is 10.4. The van der Waals surface area contributed by atoms with Crippen molar-refractivity contribution < 1.29 is 9.47 Å². The van der Waals surface area contributed by atoms with Crippen LogP contribution in [0.3, 0.4) is 0 Å². The van der Waals surface area contributed by atoms with Crippen molar-refractivity contribution in [2.45, 2.75) is 64.3 Å². The molecule has 7 aliphatic rings. The lowest BCUT2D eigenvalue weighted by Crippen LogP contribution is -2.76. The molecule has 7 rings (SSSR count). The van der Waals surface area contributed by atoms with Gasteiger partial charge < -0.3 is 9.47 Å². The minimum Gasteiger partial charge on any atom is -0.447 e. The Balaban J connectivity index is 1.74. The predicted octanol–water partition coefficient (Wildman–Crippen LogP) is 3.82. The van der Waals surface area contributed by atoms with Crippen LogP contribution in [0.1, 0.15) is 52.4 Å². The molecule has 6 nitrogen and oxygen atoms in total. The van der Waals surface area contributed by atoms with Crippen LogP contribution in [-0.4, -0.2) is 17.8 Å². The standard InChI is InChI=1S/C22H24N4O2/c1-19(2)13-6-7-14(15(19)9-13)17-21(12-25)18(26)28-22(27-17)8-4-3-5-16(22)20(21,10-23)11-24/h7,13,15-17,26H,3-6,8-9H2,1-2H3/t13-,15+,16+,17+,21+,22+/m0/s1. The van der Waals surface area contributed by atoms with E-state index in [1.807, 2.05) is 0 Å². The van der Waals surface area contributed by atoms with Crippen LogP contribution in [0, 0.1) is 73.4 Å². The molecule has 6 atom stereocenters. The van der Waals surface area contributed by atoms with Crippen molar-refractivity contribution >= 4 is 5.90 Å². The number of nitrogens with zero attached hydrogens (tertiary/aromatic N) is 3. The van der Waals surface area contributed by atoms with Crippen LogP contribution in [0.25, 0.3) is 0 Å². The van der Waals surface area contributed by atoms with E-state index in [9.17, 15) is 15.8 Å². The molecule has 144 valence electrons. The van der Waals surface area contributed by atoms with Crippen molar-refractivity contribution in [2.24, 2.45) is 34.0 Å². The van der Waals surface area contributed by atoms with Gasteiger partial charge in [0.2, 0.25) is 11.7 Å². The van der Waals surface area contributed by atoms with Gasteiger partial charge in [0.15, 0.2) is 10.8 Å². The Morgan fingerprint density at radius 1 is 1.14 bits per heavy atom. The Hall–Kier alpha value is -2.36. The molecule has 6 heteroatoms. The zero-order chi connectivity index (χ0) is 19.9. The van der Waals surface area contributed by atoms with Crippen LogP contribution in [0.4, 0.5) is 0 Å². The van der Waals surface area contributed by atoms with Crippen molar-refractivity contribution in [1.29, 1.82) is 21.2 Å². The van der Waals surface area contributed by atoms with Crippen molar-refractivity contribution in [3.63, 3.8) is 0 Å². The quantitative estimate of drug-likeness (QED) is 0.699. The lowest BCUT2D eigenvalue weighted by molar-refractivity contribution is -0.352. The number of hydrogen-bond acceptors (Lipinski definition) is 6. The summed E-state index contributed by atoms with van der Waals surface area (Å²) in [6.07, 6.45) is 6.21. The van der Waals surface area contributed by atoms with Gasteiger partial charge in [0, 0.05) is 6.42 Å². The lowest BCUT2D eigenvalue weighted by atomic mass is 9.43. The molecule has 3 heterocycles. The van der Waals surface area contributed by atoms with E-state index in [0.717, 1.165) is 31.3 Å². The first-order valence-electron chi connectivity index (χ1n) is 10.2. The molecule has 1 N–H and O–H groups in total. The van der Waals surface area contributed by atoms with E-state index in [2.05, 4.69) is 38.1 Å². The molecule has 3 saturated heterocycles. The molecular formula is C22H24N4O2. The predicted molar refractivity (Wildman–Crippen MR) is 98.2 cm³/mol. The van der Waals surface area contributed by atoms with Gasteiger partial charge in [-0.3, -0.25) is 5.41 Å². The van der Waals surface area contributed by atoms with E-state index in [0.29, 0.717) is 18.8 Å². The van der Waals surface area contributed by atoms with Gasteiger partial charge in [0.05, 0.1) is 24.1 Å². The fourth-order valence-electron chi connectivity index (χ4n) is 6.83. The fourth-order valence-corrected chi connectivity index (χ4v) is 6.83. The number of allylic oxidation sites excluding steroid dienone is 1. The van der Waals surface area contributed by atoms with E-state index in [-0.39, 0.29) is 17.2 Å². The molecule has 0 aromatic heterocycles. The second-order valence-electron chi connectivity index (χ2n) is 9.74. The zero-order valence-corrected chi connectivity index (χ0v) is 16.3. The summed E-state index contributed by atoms with van der Waals surface area (Å²) in [5, 5.41) is 39.6. The molecule has 5 fully saturated rings. The van der Waals surface area contributed by atoms with E-state index < -0.39 is 28.6 Å². The monoisotopic (exact) mass is 376 g/mol. The molecule has 4 aliphatic carbocycles. The van der Waals surface area contributed by atoms with E-state index >= 15 is 0 Å². The number of nitriles is 3. The Morgan fingerprint density at radius 2 is 1.89 bits per heavy atom. The molecule has 1 spiro atoms. The summed E-state index contributed by atoms with van der Waals surface area (Å²) in [6, 6.07) is 6.67. The van der Waals surface area contributed by atoms with Gasteiger partial charge in [0.1, 0.15) is 6.10 Å². The maximum absolute atomic E-state index is 10.4. The maximum Gasteiger partial charge on any atom is 0.218 e. The van der Waals surface area contributed by atoms with Crippen molar-refractivity contribution in [3.8, 4) is 18.2 Å². The molecule has 3 aliphatic heterocycles.